The third kappa shape index (κ3) is 5.43. The molecule has 3 heterocycles. The first-order valence-corrected chi connectivity index (χ1v) is 21.6. The van der Waals surface area contributed by atoms with E-state index in [1.807, 2.05) is 0 Å². The molecule has 58 heavy (non-hydrogen) atoms. The van der Waals surface area contributed by atoms with Gasteiger partial charge in [-0.05, 0) is 139 Å². The largest absolute Gasteiger partial charge is 0.296 e. The first-order chi connectivity index (χ1) is 27.4. The molecule has 5 aromatic carbocycles. The summed E-state index contributed by atoms with van der Waals surface area (Å²) in [4.78, 5) is 10.9. The van der Waals surface area contributed by atoms with Crippen LogP contribution in [0.3, 0.4) is 0 Å². The zero-order valence-corrected chi connectivity index (χ0v) is 36.5. The minimum Gasteiger partial charge on any atom is -0.296 e. The van der Waals surface area contributed by atoms with Crippen molar-refractivity contribution in [2.45, 2.75) is 122 Å². The van der Waals surface area contributed by atoms with Gasteiger partial charge in [-0.2, -0.15) is 0 Å². The van der Waals surface area contributed by atoms with Crippen molar-refractivity contribution in [3.63, 3.8) is 0 Å². The summed E-state index contributed by atoms with van der Waals surface area (Å²) in [6.07, 6.45) is 3.39. The SMILES string of the molecule is CC(C)(C)c1ccc2c(c1)B1c3cc4c(cc3N(c3ccc5c(c3)C(C)(C)CC5(C)C)c3nc(N(c5ccccc5)c5ccccc5)cc(c31)C2(C)C)CCC4(C)C. The number of rotatable bonds is 4. The third-order valence-electron chi connectivity index (χ3n) is 14.5. The Morgan fingerprint density at radius 3 is 1.90 bits per heavy atom. The van der Waals surface area contributed by atoms with E-state index in [-0.39, 0.29) is 33.8 Å². The molecule has 2 aliphatic heterocycles. The average molecular weight is 760 g/mol. The van der Waals surface area contributed by atoms with E-state index in [0.29, 0.717) is 0 Å². The standard InChI is InChI=1S/C54H58BN3/c1-50(2,3)35-22-24-40-44(29-35)55-45-31-41-34(26-27-51(41,4)5)28-46(45)58(38-23-25-39-42(30-38)53(8,9)33-52(39,6)7)49-48(55)43(54(40,10)11)32-47(56-49)57(36-18-14-12-15-19-36)37-20-16-13-17-21-37/h12-25,28-32H,26-27,33H2,1-11H3. The van der Waals surface area contributed by atoms with E-state index < -0.39 is 0 Å². The monoisotopic (exact) mass is 759 g/mol. The maximum absolute atomic E-state index is 5.96. The number of aryl methyl sites for hydroxylation is 1. The molecule has 292 valence electrons. The van der Waals surface area contributed by atoms with E-state index in [1.54, 1.807) is 0 Å². The van der Waals surface area contributed by atoms with Gasteiger partial charge in [0.2, 0.25) is 6.71 Å². The molecule has 0 amide bonds. The lowest BCUT2D eigenvalue weighted by Crippen LogP contribution is -2.64. The lowest BCUT2D eigenvalue weighted by atomic mass is 9.30. The predicted molar refractivity (Wildman–Crippen MR) is 248 cm³/mol. The fourth-order valence-corrected chi connectivity index (χ4v) is 11.6. The summed E-state index contributed by atoms with van der Waals surface area (Å²) in [7, 11) is 0. The van der Waals surface area contributed by atoms with Gasteiger partial charge in [0.25, 0.3) is 0 Å². The van der Waals surface area contributed by atoms with Crippen LogP contribution in [0.25, 0.3) is 0 Å². The first-order valence-electron chi connectivity index (χ1n) is 21.6. The van der Waals surface area contributed by atoms with E-state index in [9.17, 15) is 0 Å². The van der Waals surface area contributed by atoms with Crippen molar-refractivity contribution in [3.05, 3.63) is 154 Å². The van der Waals surface area contributed by atoms with Gasteiger partial charge in [-0.3, -0.25) is 9.80 Å². The number of nitrogens with zero attached hydrogens (tertiary/aromatic N) is 3. The Balaban J connectivity index is 1.33. The summed E-state index contributed by atoms with van der Waals surface area (Å²) in [6.45, 7) is 26.6. The number of aromatic nitrogens is 1. The van der Waals surface area contributed by atoms with Gasteiger partial charge < -0.3 is 0 Å². The van der Waals surface area contributed by atoms with Crippen LogP contribution in [-0.4, -0.2) is 11.7 Å². The topological polar surface area (TPSA) is 19.4 Å². The Labute approximate surface area is 347 Å². The van der Waals surface area contributed by atoms with Crippen molar-refractivity contribution in [1.29, 1.82) is 0 Å². The van der Waals surface area contributed by atoms with Crippen LogP contribution in [0.1, 0.15) is 128 Å². The van der Waals surface area contributed by atoms with Crippen molar-refractivity contribution in [1.82, 2.24) is 4.98 Å². The number of pyridine rings is 1. The summed E-state index contributed by atoms with van der Waals surface area (Å²) >= 11 is 0. The first kappa shape index (κ1) is 37.2. The van der Waals surface area contributed by atoms with Gasteiger partial charge in [0.1, 0.15) is 11.6 Å². The Morgan fingerprint density at radius 2 is 1.24 bits per heavy atom. The number of benzene rings is 5. The Morgan fingerprint density at radius 1 is 0.603 bits per heavy atom. The quantitative estimate of drug-likeness (QED) is 0.167. The van der Waals surface area contributed by atoms with Crippen molar-refractivity contribution in [3.8, 4) is 0 Å². The average Bonchev–Trinajstić information content (AvgIpc) is 3.57. The van der Waals surface area contributed by atoms with E-state index in [4.69, 9.17) is 4.98 Å². The minimum absolute atomic E-state index is 0.0186. The summed E-state index contributed by atoms with van der Waals surface area (Å²) in [5.41, 5.74) is 18.9. The molecule has 4 heteroatoms. The van der Waals surface area contributed by atoms with Gasteiger partial charge >= 0.3 is 0 Å². The van der Waals surface area contributed by atoms with Crippen LogP contribution in [0.2, 0.25) is 0 Å². The molecule has 10 rings (SSSR count). The summed E-state index contributed by atoms with van der Waals surface area (Å²) in [5.74, 6) is 1.99. The van der Waals surface area contributed by atoms with Crippen molar-refractivity contribution in [2.75, 3.05) is 9.80 Å². The molecule has 0 saturated heterocycles. The van der Waals surface area contributed by atoms with E-state index >= 15 is 0 Å². The maximum atomic E-state index is 5.96. The second-order valence-corrected chi connectivity index (χ2v) is 21.3. The molecule has 0 N–H and O–H groups in total. The molecule has 0 spiro atoms. The molecule has 0 unspecified atom stereocenters. The third-order valence-corrected chi connectivity index (χ3v) is 14.5. The molecule has 0 atom stereocenters. The molecular weight excluding hydrogens is 701 g/mol. The van der Waals surface area contributed by atoms with Crippen LogP contribution in [0, 0.1) is 0 Å². The molecule has 0 fully saturated rings. The van der Waals surface area contributed by atoms with Crippen LogP contribution >= 0.6 is 0 Å². The van der Waals surface area contributed by atoms with Crippen LogP contribution in [0.5, 0.6) is 0 Å². The summed E-state index contributed by atoms with van der Waals surface area (Å²) in [5, 5.41) is 0. The van der Waals surface area contributed by atoms with Crippen molar-refractivity contribution >= 4 is 57.5 Å². The Kier molecular flexibility index (Phi) is 7.84. The fraction of sp³-hybridized carbons (Fsp3) is 0.352. The highest BCUT2D eigenvalue weighted by Gasteiger charge is 2.49. The molecule has 0 radical (unpaired) electrons. The van der Waals surface area contributed by atoms with Gasteiger partial charge in [-0.25, -0.2) is 4.98 Å². The van der Waals surface area contributed by atoms with Crippen LogP contribution in [0.15, 0.2) is 115 Å². The normalized spacial score (nSPS) is 18.5. The molecule has 6 aromatic rings. The predicted octanol–water partition coefficient (Wildman–Crippen LogP) is 12.0. The van der Waals surface area contributed by atoms with Gasteiger partial charge in [0, 0.05) is 28.2 Å². The minimum atomic E-state index is -0.286. The van der Waals surface area contributed by atoms with Crippen LogP contribution < -0.4 is 26.2 Å². The van der Waals surface area contributed by atoms with Crippen molar-refractivity contribution < 1.29 is 0 Å². The number of hydrogen-bond acceptors (Lipinski definition) is 3. The van der Waals surface area contributed by atoms with Crippen LogP contribution in [-0.2, 0) is 33.5 Å². The summed E-state index contributed by atoms with van der Waals surface area (Å²) in [6, 6.07) is 44.0. The van der Waals surface area contributed by atoms with Gasteiger partial charge in [0.05, 0.1) is 0 Å². The van der Waals surface area contributed by atoms with Gasteiger partial charge in [-0.1, -0.05) is 148 Å². The highest BCUT2D eigenvalue weighted by Crippen LogP contribution is 2.53. The fourth-order valence-electron chi connectivity index (χ4n) is 11.6. The number of anilines is 6. The molecular formula is C54H58BN3. The Hall–Kier alpha value is -5.09. The summed E-state index contributed by atoms with van der Waals surface area (Å²) < 4.78 is 0. The zero-order chi connectivity index (χ0) is 40.7. The van der Waals surface area contributed by atoms with E-state index in [1.165, 1.54) is 73.1 Å². The number of fused-ring (bicyclic) bond motifs is 6. The molecule has 3 nitrogen and oxygen atoms in total. The number of para-hydroxylation sites is 2. The second-order valence-electron chi connectivity index (χ2n) is 21.3. The molecule has 2 aliphatic carbocycles. The molecule has 0 bridgehead atoms. The zero-order valence-electron chi connectivity index (χ0n) is 36.5. The lowest BCUT2D eigenvalue weighted by Gasteiger charge is -2.46. The van der Waals surface area contributed by atoms with E-state index in [2.05, 4.69) is 201 Å². The van der Waals surface area contributed by atoms with Crippen molar-refractivity contribution in [2.24, 2.45) is 0 Å². The van der Waals surface area contributed by atoms with Gasteiger partial charge in [-0.15, -0.1) is 0 Å². The highest BCUT2D eigenvalue weighted by molar-refractivity contribution is 6.99. The lowest BCUT2D eigenvalue weighted by molar-refractivity contribution is 0.403. The van der Waals surface area contributed by atoms with Gasteiger partial charge in [0.15, 0.2) is 0 Å². The molecule has 1 aromatic heterocycles. The second kappa shape index (κ2) is 12.2. The van der Waals surface area contributed by atoms with Crippen LogP contribution in [0.4, 0.5) is 34.4 Å². The van der Waals surface area contributed by atoms with E-state index in [0.717, 1.165) is 35.9 Å². The number of hydrogen-bond donors (Lipinski definition) is 0. The maximum Gasteiger partial charge on any atom is 0.249 e. The molecule has 4 aliphatic rings. The smallest absolute Gasteiger partial charge is 0.249 e. The molecule has 0 saturated carbocycles. The highest BCUT2D eigenvalue weighted by atomic mass is 15.3. The Bertz CT molecular complexity index is 2600.